The topological polar surface area (TPSA) is 33.1 Å². The molecule has 2 aromatic rings. The van der Waals surface area contributed by atoms with Crippen LogP contribution < -0.4 is 0 Å². The maximum atomic E-state index is 12.9. The van der Waals surface area contributed by atoms with Crippen molar-refractivity contribution in [2.45, 2.75) is 18.8 Å². The van der Waals surface area contributed by atoms with Gasteiger partial charge in [-0.25, -0.2) is 4.98 Å². The molecule has 0 aliphatic rings. The molecule has 8 heteroatoms. The number of aromatic nitrogens is 1. The highest BCUT2D eigenvalue weighted by atomic mass is 19.4. The van der Waals surface area contributed by atoms with E-state index in [0.29, 0.717) is 0 Å². The van der Waals surface area contributed by atoms with Gasteiger partial charge in [-0.1, -0.05) is 12.1 Å². The number of hydrogen-bond donors (Lipinski definition) is 1. The van der Waals surface area contributed by atoms with Crippen molar-refractivity contribution < 1.29 is 31.4 Å². The van der Waals surface area contributed by atoms with Crippen LogP contribution in [0.2, 0.25) is 0 Å². The van der Waals surface area contributed by atoms with E-state index in [9.17, 15) is 26.3 Å². The fourth-order valence-electron chi connectivity index (χ4n) is 1.98. The van der Waals surface area contributed by atoms with Crippen molar-refractivity contribution in [3.05, 3.63) is 53.2 Å². The van der Waals surface area contributed by atoms with E-state index >= 15 is 0 Å². The van der Waals surface area contributed by atoms with Crippen molar-refractivity contribution in [2.75, 3.05) is 6.61 Å². The second kappa shape index (κ2) is 6.19. The Morgan fingerprint density at radius 2 is 1.48 bits per heavy atom. The van der Waals surface area contributed by atoms with Crippen molar-refractivity contribution in [3.8, 4) is 11.3 Å². The molecule has 0 amide bonds. The average molecular weight is 335 g/mol. The van der Waals surface area contributed by atoms with Crippen molar-refractivity contribution in [1.29, 1.82) is 0 Å². The summed E-state index contributed by atoms with van der Waals surface area (Å²) in [5, 5.41) is 8.87. The molecule has 1 aromatic carbocycles. The monoisotopic (exact) mass is 335 g/mol. The molecule has 1 heterocycles. The Kier molecular flexibility index (Phi) is 4.65. The maximum absolute atomic E-state index is 12.9. The third-order valence-electron chi connectivity index (χ3n) is 3.08. The Morgan fingerprint density at radius 1 is 0.870 bits per heavy atom. The van der Waals surface area contributed by atoms with E-state index in [1.165, 1.54) is 6.07 Å². The van der Waals surface area contributed by atoms with Gasteiger partial charge in [0.05, 0.1) is 11.3 Å². The van der Waals surface area contributed by atoms with Gasteiger partial charge in [0.15, 0.2) is 0 Å². The van der Waals surface area contributed by atoms with E-state index in [-0.39, 0.29) is 29.8 Å². The Hall–Kier alpha value is -2.09. The molecule has 124 valence electrons. The lowest BCUT2D eigenvalue weighted by Gasteiger charge is -2.12. The highest BCUT2D eigenvalue weighted by molar-refractivity contribution is 5.61. The minimum atomic E-state index is -4.69. The minimum Gasteiger partial charge on any atom is -0.396 e. The highest BCUT2D eigenvalue weighted by Crippen LogP contribution is 2.33. The molecule has 0 unspecified atom stereocenters. The predicted octanol–water partition coefficient (Wildman–Crippen LogP) is 4.32. The molecule has 1 aromatic heterocycles. The number of halogens is 6. The fourth-order valence-corrected chi connectivity index (χ4v) is 1.98. The lowest BCUT2D eigenvalue weighted by atomic mass is 10.0. The third kappa shape index (κ3) is 4.22. The second-order valence-corrected chi connectivity index (χ2v) is 4.79. The van der Waals surface area contributed by atoms with E-state index in [1.54, 1.807) is 0 Å². The SMILES string of the molecule is OCCc1cc(-c2ccc(C(F)(F)F)cc2)nc(C(F)(F)F)c1. The van der Waals surface area contributed by atoms with Gasteiger partial charge in [0.2, 0.25) is 0 Å². The molecule has 0 aliphatic heterocycles. The Bertz CT molecular complexity index is 676. The molecule has 0 saturated heterocycles. The molecular formula is C15H11F6NO. The van der Waals surface area contributed by atoms with Crippen LogP contribution in [0.4, 0.5) is 26.3 Å². The third-order valence-corrected chi connectivity index (χ3v) is 3.08. The summed E-state index contributed by atoms with van der Waals surface area (Å²) < 4.78 is 76.1. The summed E-state index contributed by atoms with van der Waals surface area (Å²) in [6.45, 7) is -0.353. The fraction of sp³-hybridized carbons (Fsp3) is 0.267. The minimum absolute atomic E-state index is 0.0146. The Labute approximate surface area is 127 Å². The van der Waals surface area contributed by atoms with Gasteiger partial charge < -0.3 is 5.11 Å². The molecule has 0 aliphatic carbocycles. The maximum Gasteiger partial charge on any atom is 0.433 e. The lowest BCUT2D eigenvalue weighted by Crippen LogP contribution is -2.10. The summed E-state index contributed by atoms with van der Waals surface area (Å²) in [5.74, 6) is 0. The van der Waals surface area contributed by atoms with E-state index < -0.39 is 23.6 Å². The number of alkyl halides is 6. The van der Waals surface area contributed by atoms with E-state index in [1.807, 2.05) is 0 Å². The number of aliphatic hydroxyl groups is 1. The van der Waals surface area contributed by atoms with Crippen LogP contribution >= 0.6 is 0 Å². The van der Waals surface area contributed by atoms with Gasteiger partial charge in [-0.05, 0) is 36.2 Å². The average Bonchev–Trinajstić information content (AvgIpc) is 2.45. The first-order valence-electron chi connectivity index (χ1n) is 6.48. The van der Waals surface area contributed by atoms with Crippen LogP contribution in [0, 0.1) is 0 Å². The van der Waals surface area contributed by atoms with Crippen LogP contribution in [-0.4, -0.2) is 16.7 Å². The van der Waals surface area contributed by atoms with Crippen LogP contribution in [-0.2, 0) is 18.8 Å². The molecule has 23 heavy (non-hydrogen) atoms. The standard InChI is InChI=1S/C15H11F6NO/c16-14(17,18)11-3-1-10(2-4-11)12-7-9(5-6-23)8-13(22-12)15(19,20)21/h1-4,7-8,23H,5-6H2. The van der Waals surface area contributed by atoms with Gasteiger partial charge in [0.25, 0.3) is 0 Å². The zero-order valence-electron chi connectivity index (χ0n) is 11.5. The van der Waals surface area contributed by atoms with Gasteiger partial charge in [-0.2, -0.15) is 26.3 Å². The number of benzene rings is 1. The summed E-state index contributed by atoms with van der Waals surface area (Å²) in [6, 6.07) is 5.81. The van der Waals surface area contributed by atoms with Gasteiger partial charge in [-0.3, -0.25) is 0 Å². The summed E-state index contributed by atoms with van der Waals surface area (Å²) in [5.41, 5.74) is -1.83. The predicted molar refractivity (Wildman–Crippen MR) is 70.5 cm³/mol. The molecule has 0 radical (unpaired) electrons. The highest BCUT2D eigenvalue weighted by Gasteiger charge is 2.33. The number of hydrogen-bond acceptors (Lipinski definition) is 2. The number of aliphatic hydroxyl groups excluding tert-OH is 1. The van der Waals surface area contributed by atoms with Crippen molar-refractivity contribution >= 4 is 0 Å². The largest absolute Gasteiger partial charge is 0.433 e. The van der Waals surface area contributed by atoms with Crippen LogP contribution in [0.5, 0.6) is 0 Å². The molecular weight excluding hydrogens is 324 g/mol. The number of nitrogens with zero attached hydrogens (tertiary/aromatic N) is 1. The first-order valence-corrected chi connectivity index (χ1v) is 6.48. The molecule has 0 fully saturated rings. The molecule has 2 rings (SSSR count). The van der Waals surface area contributed by atoms with E-state index in [4.69, 9.17) is 5.11 Å². The van der Waals surface area contributed by atoms with Gasteiger partial charge in [0, 0.05) is 12.2 Å². The van der Waals surface area contributed by atoms with Gasteiger partial charge in [-0.15, -0.1) is 0 Å². The zero-order chi connectivity index (χ0) is 17.3. The molecule has 1 N–H and O–H groups in total. The normalized spacial score (nSPS) is 12.5. The lowest BCUT2D eigenvalue weighted by molar-refractivity contribution is -0.141. The van der Waals surface area contributed by atoms with Crippen LogP contribution in [0.25, 0.3) is 11.3 Å². The first kappa shape index (κ1) is 17.3. The molecule has 2 nitrogen and oxygen atoms in total. The van der Waals surface area contributed by atoms with Crippen LogP contribution in [0.15, 0.2) is 36.4 Å². The summed E-state index contributed by atoms with van der Waals surface area (Å²) in [7, 11) is 0. The Morgan fingerprint density at radius 3 is 1.96 bits per heavy atom. The Balaban J connectivity index is 2.47. The summed E-state index contributed by atoms with van der Waals surface area (Å²) in [4.78, 5) is 3.46. The number of pyridine rings is 1. The first-order chi connectivity index (χ1) is 10.6. The molecule has 0 saturated carbocycles. The van der Waals surface area contributed by atoms with Gasteiger partial charge in [0.1, 0.15) is 5.69 Å². The van der Waals surface area contributed by atoms with Crippen molar-refractivity contribution in [1.82, 2.24) is 4.98 Å². The quantitative estimate of drug-likeness (QED) is 0.848. The van der Waals surface area contributed by atoms with Crippen LogP contribution in [0.3, 0.4) is 0 Å². The van der Waals surface area contributed by atoms with E-state index in [0.717, 1.165) is 30.3 Å². The molecule has 0 spiro atoms. The zero-order valence-corrected chi connectivity index (χ0v) is 11.5. The van der Waals surface area contributed by atoms with Gasteiger partial charge >= 0.3 is 12.4 Å². The molecule has 0 bridgehead atoms. The second-order valence-electron chi connectivity index (χ2n) is 4.79. The van der Waals surface area contributed by atoms with E-state index in [2.05, 4.69) is 4.98 Å². The summed E-state index contributed by atoms with van der Waals surface area (Å²) in [6.07, 6.45) is -9.23. The smallest absolute Gasteiger partial charge is 0.396 e. The summed E-state index contributed by atoms with van der Waals surface area (Å²) >= 11 is 0. The van der Waals surface area contributed by atoms with Crippen molar-refractivity contribution in [2.24, 2.45) is 0 Å². The molecule has 0 atom stereocenters. The number of rotatable bonds is 3. The van der Waals surface area contributed by atoms with Crippen LogP contribution in [0.1, 0.15) is 16.8 Å². The van der Waals surface area contributed by atoms with Crippen molar-refractivity contribution in [3.63, 3.8) is 0 Å².